The monoisotopic (exact) mass is 262 g/mol. The Kier molecular flexibility index (Phi) is 3.86. The summed E-state index contributed by atoms with van der Waals surface area (Å²) in [5.41, 5.74) is 2.21. The van der Waals surface area contributed by atoms with Crippen LogP contribution in [0.3, 0.4) is 0 Å². The van der Waals surface area contributed by atoms with Crippen LogP contribution in [-0.2, 0) is 11.2 Å². The highest BCUT2D eigenvalue weighted by Crippen LogP contribution is 2.22. The summed E-state index contributed by atoms with van der Waals surface area (Å²) in [5, 5.41) is 0.781. The van der Waals surface area contributed by atoms with E-state index in [0.717, 1.165) is 47.5 Å². The molecule has 0 unspecified atom stereocenters. The maximum atomic E-state index is 5.37. The molecular weight excluding hydrogens is 244 g/mol. The number of benzene rings is 1. The predicted molar refractivity (Wildman–Crippen MR) is 76.1 cm³/mol. The predicted octanol–water partition coefficient (Wildman–Crippen LogP) is 3.02. The summed E-state index contributed by atoms with van der Waals surface area (Å²) in [6, 6.07) is 8.21. The topological polar surface area (TPSA) is 37.9 Å². The van der Waals surface area contributed by atoms with Gasteiger partial charge in [0.25, 0.3) is 0 Å². The summed E-state index contributed by atoms with van der Waals surface area (Å²) in [6.45, 7) is 1.87. The van der Waals surface area contributed by atoms with Gasteiger partial charge in [-0.25, -0.2) is 4.98 Å². The highest BCUT2D eigenvalue weighted by Gasteiger charge is 2.14. The number of aromatic nitrogens is 2. The van der Waals surface area contributed by atoms with Crippen LogP contribution < -0.4 is 0 Å². The molecule has 3 nitrogen and oxygen atoms in total. The van der Waals surface area contributed by atoms with Gasteiger partial charge in [-0.15, -0.1) is 0 Å². The van der Waals surface area contributed by atoms with Crippen molar-refractivity contribution in [2.75, 3.05) is 19.0 Å². The fraction of sp³-hybridized carbons (Fsp3) is 0.500. The van der Waals surface area contributed by atoms with Crippen LogP contribution >= 0.6 is 11.8 Å². The van der Waals surface area contributed by atoms with E-state index in [1.807, 2.05) is 12.1 Å². The van der Waals surface area contributed by atoms with E-state index in [1.165, 1.54) is 12.8 Å². The molecule has 1 fully saturated rings. The number of rotatable bonds is 4. The smallest absolute Gasteiger partial charge is 0.108 e. The molecule has 0 bridgehead atoms. The number of nitrogens with zero attached hydrogens (tertiary/aromatic N) is 1. The molecule has 2 heterocycles. The number of imidazole rings is 1. The zero-order valence-corrected chi connectivity index (χ0v) is 11.2. The van der Waals surface area contributed by atoms with E-state index in [-0.39, 0.29) is 0 Å². The first kappa shape index (κ1) is 12.1. The lowest BCUT2D eigenvalue weighted by molar-refractivity contribution is 0.100. The Morgan fingerprint density at radius 1 is 1.28 bits per heavy atom. The van der Waals surface area contributed by atoms with Crippen molar-refractivity contribution < 1.29 is 4.74 Å². The van der Waals surface area contributed by atoms with Crippen LogP contribution in [0.5, 0.6) is 0 Å². The summed E-state index contributed by atoms with van der Waals surface area (Å²) < 4.78 is 5.37. The number of para-hydroxylation sites is 2. The van der Waals surface area contributed by atoms with Crippen LogP contribution in [-0.4, -0.2) is 34.2 Å². The largest absolute Gasteiger partial charge is 0.381 e. The average Bonchev–Trinajstić information content (AvgIpc) is 2.82. The van der Waals surface area contributed by atoms with Gasteiger partial charge in [0.05, 0.1) is 11.0 Å². The number of H-pyrrole nitrogens is 1. The van der Waals surface area contributed by atoms with Crippen LogP contribution in [0.25, 0.3) is 11.0 Å². The summed E-state index contributed by atoms with van der Waals surface area (Å²) in [7, 11) is 0. The van der Waals surface area contributed by atoms with Gasteiger partial charge in [0, 0.05) is 30.6 Å². The van der Waals surface area contributed by atoms with E-state index >= 15 is 0 Å². The number of hydrogen-bond acceptors (Lipinski definition) is 3. The fourth-order valence-electron chi connectivity index (χ4n) is 2.29. The van der Waals surface area contributed by atoms with E-state index in [0.29, 0.717) is 0 Å². The van der Waals surface area contributed by atoms with E-state index in [4.69, 9.17) is 4.74 Å². The minimum absolute atomic E-state index is 0.781. The molecule has 0 saturated carbocycles. The van der Waals surface area contributed by atoms with Crippen LogP contribution in [0.15, 0.2) is 24.3 Å². The number of fused-ring (bicyclic) bond motifs is 1. The maximum Gasteiger partial charge on any atom is 0.108 e. The van der Waals surface area contributed by atoms with E-state index in [9.17, 15) is 0 Å². The Labute approximate surface area is 111 Å². The van der Waals surface area contributed by atoms with Gasteiger partial charge < -0.3 is 9.72 Å². The SMILES string of the molecule is c1ccc2[nH]c(CCSC3CCOCC3)nc2c1. The summed E-state index contributed by atoms with van der Waals surface area (Å²) in [6.07, 6.45) is 3.42. The Bertz CT molecular complexity index is 472. The molecule has 0 spiro atoms. The number of nitrogens with one attached hydrogen (secondary N) is 1. The molecule has 0 aliphatic carbocycles. The molecule has 18 heavy (non-hydrogen) atoms. The van der Waals surface area contributed by atoms with Crippen molar-refractivity contribution in [3.63, 3.8) is 0 Å². The van der Waals surface area contributed by atoms with Crippen LogP contribution in [0.4, 0.5) is 0 Å². The van der Waals surface area contributed by atoms with Gasteiger partial charge in [-0.3, -0.25) is 0 Å². The Morgan fingerprint density at radius 3 is 2.94 bits per heavy atom. The van der Waals surface area contributed by atoms with Crippen molar-refractivity contribution in [2.45, 2.75) is 24.5 Å². The quantitative estimate of drug-likeness (QED) is 0.920. The second-order valence-corrected chi connectivity index (χ2v) is 6.04. The van der Waals surface area contributed by atoms with Crippen LogP contribution in [0.1, 0.15) is 18.7 Å². The van der Waals surface area contributed by atoms with E-state index in [2.05, 4.69) is 33.9 Å². The van der Waals surface area contributed by atoms with Crippen LogP contribution in [0, 0.1) is 0 Å². The fourth-order valence-corrected chi connectivity index (χ4v) is 3.46. The van der Waals surface area contributed by atoms with E-state index in [1.54, 1.807) is 0 Å². The zero-order valence-electron chi connectivity index (χ0n) is 10.4. The van der Waals surface area contributed by atoms with Crippen molar-refractivity contribution >= 4 is 22.8 Å². The molecule has 3 rings (SSSR count). The second kappa shape index (κ2) is 5.76. The first-order valence-corrected chi connectivity index (χ1v) is 7.60. The zero-order chi connectivity index (χ0) is 12.2. The first-order chi connectivity index (χ1) is 8.92. The summed E-state index contributed by atoms with van der Waals surface area (Å²) >= 11 is 2.06. The molecule has 2 aromatic rings. The van der Waals surface area contributed by atoms with Gasteiger partial charge in [0.2, 0.25) is 0 Å². The molecule has 1 aromatic heterocycles. The van der Waals surface area contributed by atoms with Gasteiger partial charge in [0.1, 0.15) is 5.82 Å². The molecule has 1 aromatic carbocycles. The Morgan fingerprint density at radius 2 is 2.11 bits per heavy atom. The van der Waals surface area contributed by atoms with Gasteiger partial charge >= 0.3 is 0 Å². The van der Waals surface area contributed by atoms with Gasteiger partial charge in [0.15, 0.2) is 0 Å². The van der Waals surface area contributed by atoms with Gasteiger partial charge in [-0.2, -0.15) is 11.8 Å². The lowest BCUT2D eigenvalue weighted by Crippen LogP contribution is -2.18. The third-order valence-corrected chi connectivity index (χ3v) is 4.68. The normalized spacial score (nSPS) is 17.3. The Hall–Kier alpha value is -1.00. The molecule has 4 heteroatoms. The Balaban J connectivity index is 1.53. The van der Waals surface area contributed by atoms with E-state index < -0.39 is 0 Å². The molecule has 96 valence electrons. The van der Waals surface area contributed by atoms with Crippen molar-refractivity contribution in [1.29, 1.82) is 0 Å². The van der Waals surface area contributed by atoms with Gasteiger partial charge in [-0.05, 0) is 25.0 Å². The molecule has 1 aliphatic heterocycles. The van der Waals surface area contributed by atoms with Crippen molar-refractivity contribution in [3.8, 4) is 0 Å². The third kappa shape index (κ3) is 2.87. The number of thioether (sulfide) groups is 1. The summed E-state index contributed by atoms with van der Waals surface area (Å²) in [4.78, 5) is 7.99. The van der Waals surface area contributed by atoms with Crippen molar-refractivity contribution in [1.82, 2.24) is 9.97 Å². The molecule has 1 N–H and O–H groups in total. The molecule has 0 amide bonds. The molecule has 1 aliphatic rings. The number of ether oxygens (including phenoxy) is 1. The second-order valence-electron chi connectivity index (χ2n) is 4.63. The molecule has 0 atom stereocenters. The van der Waals surface area contributed by atoms with Crippen LogP contribution in [0.2, 0.25) is 0 Å². The highest BCUT2D eigenvalue weighted by molar-refractivity contribution is 7.99. The number of hydrogen-bond donors (Lipinski definition) is 1. The standard InChI is InChI=1S/C14H18N2OS/c1-2-4-13-12(3-1)15-14(16-13)7-10-18-11-5-8-17-9-6-11/h1-4,11H,5-10H2,(H,15,16). The maximum absolute atomic E-state index is 5.37. The lowest BCUT2D eigenvalue weighted by atomic mass is 10.2. The minimum Gasteiger partial charge on any atom is -0.381 e. The molecule has 0 radical (unpaired) electrons. The summed E-state index contributed by atoms with van der Waals surface area (Å²) in [5.74, 6) is 2.25. The minimum atomic E-state index is 0.781. The van der Waals surface area contributed by atoms with Gasteiger partial charge in [-0.1, -0.05) is 12.1 Å². The third-order valence-electron chi connectivity index (χ3n) is 3.30. The molecule has 1 saturated heterocycles. The first-order valence-electron chi connectivity index (χ1n) is 6.55. The lowest BCUT2D eigenvalue weighted by Gasteiger charge is -2.21. The number of aromatic amines is 1. The van der Waals surface area contributed by atoms with Crippen molar-refractivity contribution in [3.05, 3.63) is 30.1 Å². The average molecular weight is 262 g/mol. The number of aryl methyl sites for hydroxylation is 1. The highest BCUT2D eigenvalue weighted by atomic mass is 32.2. The molecular formula is C14H18N2OS. The van der Waals surface area contributed by atoms with Crippen molar-refractivity contribution in [2.24, 2.45) is 0 Å².